The number of hydrogen-bond donors (Lipinski definition) is 2. The van der Waals surface area contributed by atoms with Crippen molar-refractivity contribution in [2.24, 2.45) is 5.73 Å². The molecule has 0 aliphatic heterocycles. The number of aryl methyl sites for hydroxylation is 1. The third-order valence-electron chi connectivity index (χ3n) is 2.42. The number of benzene rings is 1. The lowest BCUT2D eigenvalue weighted by atomic mass is 10.1. The van der Waals surface area contributed by atoms with E-state index in [-0.39, 0.29) is 17.3 Å². The van der Waals surface area contributed by atoms with Crippen molar-refractivity contribution in [1.29, 1.82) is 0 Å². The maximum Gasteiger partial charge on any atom is 0.240 e. The van der Waals surface area contributed by atoms with Crippen LogP contribution in [0.4, 0.5) is 0 Å². The highest BCUT2D eigenvalue weighted by Gasteiger charge is 2.15. The zero-order valence-corrected chi connectivity index (χ0v) is 10.0. The lowest BCUT2D eigenvalue weighted by Gasteiger charge is -2.05. The van der Waals surface area contributed by atoms with Crippen LogP contribution in [0.3, 0.4) is 0 Å². The Morgan fingerprint density at radius 3 is 2.82 bits per heavy atom. The minimum absolute atomic E-state index is 0.0479. The summed E-state index contributed by atoms with van der Waals surface area (Å²) in [5, 5.41) is 13.9. The van der Waals surface area contributed by atoms with Gasteiger partial charge in [0, 0.05) is 0 Å². The summed E-state index contributed by atoms with van der Waals surface area (Å²) in [6.45, 7) is 2.16. The van der Waals surface area contributed by atoms with Crippen molar-refractivity contribution in [2.75, 3.05) is 0 Å². The second-order valence-electron chi connectivity index (χ2n) is 3.54. The molecule has 2 rings (SSSR count). The Kier molecular flexibility index (Phi) is 3.31. The molecule has 0 saturated heterocycles. The van der Waals surface area contributed by atoms with Crippen LogP contribution in [-0.4, -0.2) is 15.2 Å². The van der Waals surface area contributed by atoms with E-state index in [1.54, 1.807) is 12.1 Å². The fraction of sp³-hybridized carbons (Fsp3) is 0.273. The van der Waals surface area contributed by atoms with Gasteiger partial charge in [-0.15, -0.1) is 0 Å². The molecule has 90 valence electrons. The molecule has 0 atom stereocenters. The first kappa shape index (κ1) is 11.9. The van der Waals surface area contributed by atoms with Crippen molar-refractivity contribution in [3.63, 3.8) is 0 Å². The molecule has 0 aliphatic rings. The average molecular weight is 254 g/mol. The highest BCUT2D eigenvalue weighted by molar-refractivity contribution is 6.32. The molecule has 0 unspecified atom stereocenters. The third kappa shape index (κ3) is 2.25. The third-order valence-corrected chi connectivity index (χ3v) is 2.70. The predicted octanol–water partition coefficient (Wildman–Crippen LogP) is 2.12. The van der Waals surface area contributed by atoms with E-state index < -0.39 is 0 Å². The summed E-state index contributed by atoms with van der Waals surface area (Å²) in [6.07, 6.45) is 0.800. The van der Waals surface area contributed by atoms with Crippen LogP contribution in [0.15, 0.2) is 16.7 Å². The van der Waals surface area contributed by atoms with E-state index in [4.69, 9.17) is 21.9 Å². The van der Waals surface area contributed by atoms with Crippen molar-refractivity contribution in [2.45, 2.75) is 19.9 Å². The molecule has 17 heavy (non-hydrogen) atoms. The van der Waals surface area contributed by atoms with Gasteiger partial charge in [-0.1, -0.05) is 23.7 Å². The van der Waals surface area contributed by atoms with Crippen LogP contribution in [0, 0.1) is 0 Å². The Morgan fingerprint density at radius 1 is 1.47 bits per heavy atom. The van der Waals surface area contributed by atoms with Crippen LogP contribution in [0.25, 0.3) is 11.4 Å². The highest BCUT2D eigenvalue weighted by atomic mass is 35.5. The number of nitrogens with two attached hydrogens (primary N) is 1. The normalized spacial score (nSPS) is 10.8. The van der Waals surface area contributed by atoms with Gasteiger partial charge >= 0.3 is 0 Å². The maximum atomic E-state index is 9.87. The van der Waals surface area contributed by atoms with Crippen molar-refractivity contribution in [3.8, 4) is 17.1 Å². The zero-order valence-electron chi connectivity index (χ0n) is 9.27. The minimum atomic E-state index is -0.0479. The molecule has 1 aromatic carbocycles. The summed E-state index contributed by atoms with van der Waals surface area (Å²) in [5.74, 6) is 0.561. The molecule has 5 nitrogen and oxygen atoms in total. The molecule has 0 radical (unpaired) electrons. The van der Waals surface area contributed by atoms with Gasteiger partial charge in [0.05, 0.1) is 17.1 Å². The Hall–Kier alpha value is -1.59. The van der Waals surface area contributed by atoms with Crippen LogP contribution in [-0.2, 0) is 13.0 Å². The molecule has 0 saturated carbocycles. The summed E-state index contributed by atoms with van der Waals surface area (Å²) >= 11 is 5.93. The molecular formula is C11H12ClN3O2. The smallest absolute Gasteiger partial charge is 0.240 e. The standard InChI is InChI=1S/C11H12ClN3O2/c1-2-6-3-7(10(16)8(12)4-6)11-14-9(5-13)17-15-11/h3-4,16H,2,5,13H2,1H3. The van der Waals surface area contributed by atoms with Crippen LogP contribution in [0.2, 0.25) is 5.02 Å². The summed E-state index contributed by atoms with van der Waals surface area (Å²) in [6, 6.07) is 3.50. The summed E-state index contributed by atoms with van der Waals surface area (Å²) < 4.78 is 4.90. The molecule has 0 amide bonds. The molecule has 1 aromatic heterocycles. The van der Waals surface area contributed by atoms with Crippen LogP contribution < -0.4 is 5.73 Å². The second-order valence-corrected chi connectivity index (χ2v) is 3.95. The first-order valence-corrected chi connectivity index (χ1v) is 5.58. The molecule has 0 bridgehead atoms. The molecule has 0 fully saturated rings. The van der Waals surface area contributed by atoms with Crippen molar-refractivity contribution >= 4 is 11.6 Å². The van der Waals surface area contributed by atoms with E-state index in [9.17, 15) is 5.11 Å². The lowest BCUT2D eigenvalue weighted by Crippen LogP contribution is -1.95. The predicted molar refractivity (Wildman–Crippen MR) is 63.7 cm³/mol. The number of halogens is 1. The van der Waals surface area contributed by atoms with Crippen LogP contribution in [0.1, 0.15) is 18.4 Å². The van der Waals surface area contributed by atoms with Gasteiger partial charge in [0.2, 0.25) is 11.7 Å². The second kappa shape index (κ2) is 4.73. The van der Waals surface area contributed by atoms with Gasteiger partial charge in [0.15, 0.2) is 0 Å². The fourth-order valence-electron chi connectivity index (χ4n) is 1.48. The first-order chi connectivity index (χ1) is 8.15. The largest absolute Gasteiger partial charge is 0.506 e. The average Bonchev–Trinajstić information content (AvgIpc) is 2.81. The fourth-order valence-corrected chi connectivity index (χ4v) is 1.72. The van der Waals surface area contributed by atoms with Gasteiger partial charge < -0.3 is 15.4 Å². The monoisotopic (exact) mass is 253 g/mol. The molecule has 2 aromatic rings. The van der Waals surface area contributed by atoms with Crippen molar-refractivity contribution < 1.29 is 9.63 Å². The number of aromatic hydroxyl groups is 1. The quantitative estimate of drug-likeness (QED) is 0.875. The van der Waals surface area contributed by atoms with Crippen molar-refractivity contribution in [3.05, 3.63) is 28.6 Å². The number of nitrogens with zero attached hydrogens (tertiary/aromatic N) is 2. The van der Waals surface area contributed by atoms with E-state index in [0.29, 0.717) is 17.3 Å². The van der Waals surface area contributed by atoms with E-state index >= 15 is 0 Å². The van der Waals surface area contributed by atoms with Crippen LogP contribution in [0.5, 0.6) is 5.75 Å². The van der Waals surface area contributed by atoms with Gasteiger partial charge in [0.1, 0.15) is 5.75 Å². The van der Waals surface area contributed by atoms with Gasteiger partial charge in [-0.25, -0.2) is 0 Å². The summed E-state index contributed by atoms with van der Waals surface area (Å²) in [5.41, 5.74) is 6.82. The molecule has 0 spiro atoms. The maximum absolute atomic E-state index is 9.87. The first-order valence-electron chi connectivity index (χ1n) is 5.20. The highest BCUT2D eigenvalue weighted by Crippen LogP contribution is 2.35. The summed E-state index contributed by atoms with van der Waals surface area (Å²) in [7, 11) is 0. The number of phenols is 1. The van der Waals surface area contributed by atoms with E-state index in [1.807, 2.05) is 6.92 Å². The molecule has 6 heteroatoms. The number of phenolic OH excluding ortho intramolecular Hbond substituents is 1. The zero-order chi connectivity index (χ0) is 12.4. The number of rotatable bonds is 3. The van der Waals surface area contributed by atoms with Gasteiger partial charge in [-0.05, 0) is 24.1 Å². The minimum Gasteiger partial charge on any atom is -0.506 e. The lowest BCUT2D eigenvalue weighted by molar-refractivity contribution is 0.380. The topological polar surface area (TPSA) is 85.2 Å². The molecule has 1 heterocycles. The van der Waals surface area contributed by atoms with Gasteiger partial charge in [0.25, 0.3) is 0 Å². The molecular weight excluding hydrogens is 242 g/mol. The molecule has 3 N–H and O–H groups in total. The van der Waals surface area contributed by atoms with Gasteiger partial charge in [-0.2, -0.15) is 4.98 Å². The Labute approximate surface area is 103 Å². The SMILES string of the molecule is CCc1cc(Cl)c(O)c(-c2noc(CN)n2)c1. The van der Waals surface area contributed by atoms with E-state index in [2.05, 4.69) is 10.1 Å². The number of aromatic nitrogens is 2. The number of hydrogen-bond acceptors (Lipinski definition) is 5. The van der Waals surface area contributed by atoms with E-state index in [1.165, 1.54) is 0 Å². The Morgan fingerprint density at radius 2 is 2.24 bits per heavy atom. The van der Waals surface area contributed by atoms with Crippen molar-refractivity contribution in [1.82, 2.24) is 10.1 Å². The van der Waals surface area contributed by atoms with E-state index in [0.717, 1.165) is 12.0 Å². The van der Waals surface area contributed by atoms with Crippen LogP contribution >= 0.6 is 11.6 Å². The van der Waals surface area contributed by atoms with Gasteiger partial charge in [-0.3, -0.25) is 0 Å². The Balaban J connectivity index is 2.53. The molecule has 0 aliphatic carbocycles. The Bertz CT molecular complexity index is 540. The summed E-state index contributed by atoms with van der Waals surface area (Å²) in [4.78, 5) is 4.05.